The van der Waals surface area contributed by atoms with Crippen molar-refractivity contribution in [2.24, 2.45) is 23.7 Å². The fourth-order valence-corrected chi connectivity index (χ4v) is 8.36. The number of fused-ring (bicyclic) bond motifs is 4. The third kappa shape index (κ3) is 4.19. The van der Waals surface area contributed by atoms with Gasteiger partial charge in [0.25, 0.3) is 23.6 Å². The number of carbonyl (C=O) groups excluding carboxylic acids is 4. The number of ether oxygens (including phenoxy) is 1. The number of nitrogens with one attached hydrogen (secondary N) is 1. The van der Waals surface area contributed by atoms with Crippen molar-refractivity contribution < 1.29 is 34.2 Å². The van der Waals surface area contributed by atoms with Crippen LogP contribution >= 0.6 is 23.2 Å². The molecule has 4 aliphatic rings. The van der Waals surface area contributed by atoms with Gasteiger partial charge in [0.2, 0.25) is 0 Å². The summed E-state index contributed by atoms with van der Waals surface area (Å²) in [6.45, 7) is 0. The highest BCUT2D eigenvalue weighted by atomic mass is 35.5. The van der Waals surface area contributed by atoms with Crippen molar-refractivity contribution in [3.8, 4) is 11.5 Å². The first-order chi connectivity index (χ1) is 21.6. The first-order valence-corrected chi connectivity index (χ1v) is 15.1. The van der Waals surface area contributed by atoms with E-state index in [1.165, 1.54) is 19.2 Å². The quantitative estimate of drug-likeness (QED) is 0.198. The van der Waals surface area contributed by atoms with Crippen LogP contribution in [-0.2, 0) is 24.6 Å². The fourth-order valence-electron chi connectivity index (χ4n) is 7.91. The molecule has 7 rings (SSSR count). The Balaban J connectivity index is 1.47. The molecule has 1 saturated carbocycles. The highest BCUT2D eigenvalue weighted by Gasteiger charge is 2.70. The monoisotopic (exact) mass is 647 g/mol. The summed E-state index contributed by atoms with van der Waals surface area (Å²) >= 11 is 12.5. The Hall–Kier alpha value is -4.38. The van der Waals surface area contributed by atoms with E-state index in [1.807, 2.05) is 6.08 Å². The van der Waals surface area contributed by atoms with Gasteiger partial charge in [-0.25, -0.2) is 0 Å². The van der Waals surface area contributed by atoms with Crippen molar-refractivity contribution in [3.05, 3.63) is 99.6 Å². The summed E-state index contributed by atoms with van der Waals surface area (Å²) in [6, 6.07) is 18.0. The number of hydroxylamine groups is 2. The molecular weight excluding hydrogens is 621 g/mol. The molecule has 2 heterocycles. The summed E-state index contributed by atoms with van der Waals surface area (Å²) < 4.78 is 5.39. The SMILES string of the molecule is COc1ccc([C@@]23C(=O)N(Nc4ccc(Cl)cc4Cl)C(=O)[C@@H]2C[C@@H]2C(=CC[C@@H]4C(=O)N(O)C(=O)[C@@H]42)[C@@H]3c2cccc(O)c2)cc1. The molecule has 10 nitrogen and oxygen atoms in total. The zero-order chi connectivity index (χ0) is 31.8. The number of imide groups is 2. The van der Waals surface area contributed by atoms with Crippen molar-refractivity contribution in [1.29, 1.82) is 0 Å². The fraction of sp³-hybridized carbons (Fsp3) is 0.273. The maximum atomic E-state index is 15.0. The summed E-state index contributed by atoms with van der Waals surface area (Å²) in [7, 11) is 1.52. The first-order valence-electron chi connectivity index (χ1n) is 14.4. The molecule has 4 amide bonds. The van der Waals surface area contributed by atoms with Crippen LogP contribution in [0.3, 0.4) is 0 Å². The number of benzene rings is 3. The Bertz CT molecular complexity index is 1810. The Morgan fingerprint density at radius 3 is 2.38 bits per heavy atom. The smallest absolute Gasteiger partial charge is 0.260 e. The minimum Gasteiger partial charge on any atom is -0.508 e. The lowest BCUT2D eigenvalue weighted by Gasteiger charge is -2.50. The number of phenolic OH excluding ortho intramolecular Hbond substituents is 1. The van der Waals surface area contributed by atoms with E-state index in [1.54, 1.807) is 54.6 Å². The van der Waals surface area contributed by atoms with Crippen molar-refractivity contribution in [3.63, 3.8) is 0 Å². The van der Waals surface area contributed by atoms with E-state index in [2.05, 4.69) is 5.43 Å². The molecule has 0 bridgehead atoms. The number of phenols is 1. The minimum absolute atomic E-state index is 0.0429. The average Bonchev–Trinajstić information content (AvgIpc) is 3.38. The van der Waals surface area contributed by atoms with Gasteiger partial charge in [0.05, 0.1) is 41.0 Å². The lowest BCUT2D eigenvalue weighted by atomic mass is 9.49. The Morgan fingerprint density at radius 1 is 0.933 bits per heavy atom. The molecule has 230 valence electrons. The van der Waals surface area contributed by atoms with Crippen molar-refractivity contribution in [2.45, 2.75) is 24.2 Å². The molecule has 6 atom stereocenters. The number of hydrazine groups is 1. The largest absolute Gasteiger partial charge is 0.508 e. The lowest BCUT2D eigenvalue weighted by Crippen LogP contribution is -2.53. The average molecular weight is 648 g/mol. The van der Waals surface area contributed by atoms with Crippen LogP contribution in [0.15, 0.2) is 78.4 Å². The van der Waals surface area contributed by atoms with E-state index in [4.69, 9.17) is 27.9 Å². The predicted molar refractivity (Wildman–Crippen MR) is 162 cm³/mol. The second-order valence-corrected chi connectivity index (χ2v) is 12.6. The van der Waals surface area contributed by atoms with Crippen LogP contribution in [0.25, 0.3) is 0 Å². The van der Waals surface area contributed by atoms with Crippen LogP contribution in [0.5, 0.6) is 11.5 Å². The molecule has 2 aliphatic carbocycles. The number of halogens is 2. The molecule has 3 aromatic carbocycles. The molecule has 3 aromatic rings. The van der Waals surface area contributed by atoms with E-state index in [-0.39, 0.29) is 34.4 Å². The summed E-state index contributed by atoms with van der Waals surface area (Å²) in [5, 5.41) is 22.6. The number of allylic oxidation sites excluding steroid dienone is 2. The number of anilines is 1. The lowest BCUT2D eigenvalue weighted by molar-refractivity contribution is -0.173. The second-order valence-electron chi connectivity index (χ2n) is 11.8. The number of carbonyl (C=O) groups is 4. The van der Waals surface area contributed by atoms with Gasteiger partial charge in [-0.2, -0.15) is 10.1 Å². The minimum atomic E-state index is -1.54. The van der Waals surface area contributed by atoms with Gasteiger partial charge in [0, 0.05) is 10.9 Å². The molecule has 0 spiro atoms. The van der Waals surface area contributed by atoms with Crippen molar-refractivity contribution in [1.82, 2.24) is 10.1 Å². The molecule has 2 aliphatic heterocycles. The summed E-state index contributed by atoms with van der Waals surface area (Å²) in [5.41, 5.74) is 3.44. The van der Waals surface area contributed by atoms with Gasteiger partial charge in [0.15, 0.2) is 0 Å². The molecule has 0 unspecified atom stereocenters. The normalized spacial score (nSPS) is 28.9. The van der Waals surface area contributed by atoms with Crippen LogP contribution in [0, 0.1) is 23.7 Å². The van der Waals surface area contributed by atoms with Crippen LogP contribution in [0.2, 0.25) is 10.0 Å². The van der Waals surface area contributed by atoms with Gasteiger partial charge < -0.3 is 9.84 Å². The number of aromatic hydroxyl groups is 1. The Labute approximate surface area is 267 Å². The van der Waals surface area contributed by atoms with Gasteiger partial charge in [-0.3, -0.25) is 29.8 Å². The summed E-state index contributed by atoms with van der Waals surface area (Å²) in [5.74, 6) is -6.20. The van der Waals surface area contributed by atoms with Gasteiger partial charge in [-0.05, 0) is 72.4 Å². The third-order valence-electron chi connectivity index (χ3n) is 9.76. The molecule has 3 fully saturated rings. The number of rotatable bonds is 5. The van der Waals surface area contributed by atoms with Crippen molar-refractivity contribution in [2.75, 3.05) is 12.5 Å². The number of hydrogen-bond acceptors (Lipinski definition) is 8. The molecule has 3 N–H and O–H groups in total. The Kier molecular flexibility index (Phi) is 6.92. The molecule has 0 aromatic heterocycles. The standard InChI is InChI=1S/C33H27Cl2N3O7/c1-45-20-8-5-17(6-9-20)33-24(30(41)37(32(33)43)36-26-12-7-18(34)14-25(26)35)15-23-21(28(33)16-3-2-4-19(39)13-16)10-11-22-27(23)31(42)38(44)29(22)40/h2-10,12-14,22-24,27-28,36,39,44H,11,15H2,1H3/t22-,23+,24-,27-,28-,33+/m0/s1. The zero-order valence-electron chi connectivity index (χ0n) is 23.8. The van der Waals surface area contributed by atoms with Gasteiger partial charge >= 0.3 is 0 Å². The topological polar surface area (TPSA) is 136 Å². The maximum absolute atomic E-state index is 15.0. The van der Waals surface area contributed by atoms with E-state index in [0.717, 1.165) is 5.01 Å². The van der Waals surface area contributed by atoms with Gasteiger partial charge in [-0.1, -0.05) is 59.1 Å². The van der Waals surface area contributed by atoms with E-state index in [0.29, 0.717) is 27.5 Å². The van der Waals surface area contributed by atoms with E-state index >= 15 is 4.79 Å². The maximum Gasteiger partial charge on any atom is 0.260 e. The summed E-state index contributed by atoms with van der Waals surface area (Å²) in [6.07, 6.45) is 2.08. The van der Waals surface area contributed by atoms with Crippen LogP contribution in [0.1, 0.15) is 29.9 Å². The van der Waals surface area contributed by atoms with Crippen LogP contribution < -0.4 is 10.2 Å². The third-order valence-corrected chi connectivity index (χ3v) is 10.3. The van der Waals surface area contributed by atoms with E-state index < -0.39 is 58.6 Å². The highest BCUT2D eigenvalue weighted by Crippen LogP contribution is 2.64. The van der Waals surface area contributed by atoms with Gasteiger partial charge in [0.1, 0.15) is 11.5 Å². The molecule has 45 heavy (non-hydrogen) atoms. The van der Waals surface area contributed by atoms with E-state index in [9.17, 15) is 24.7 Å². The van der Waals surface area contributed by atoms with Crippen LogP contribution in [0.4, 0.5) is 5.69 Å². The number of methoxy groups -OCH3 is 1. The molecule has 12 heteroatoms. The first kappa shape index (κ1) is 29.3. The molecule has 2 saturated heterocycles. The molecular formula is C33H27Cl2N3O7. The van der Waals surface area contributed by atoms with Crippen molar-refractivity contribution >= 4 is 52.5 Å². The summed E-state index contributed by atoms with van der Waals surface area (Å²) in [4.78, 5) is 55.7. The second kappa shape index (κ2) is 10.6. The number of amides is 4. The highest BCUT2D eigenvalue weighted by molar-refractivity contribution is 6.36. The van der Waals surface area contributed by atoms with Crippen LogP contribution in [-0.4, -0.2) is 51.1 Å². The predicted octanol–water partition coefficient (Wildman–Crippen LogP) is 5.08. The number of nitrogens with zero attached hydrogens (tertiary/aromatic N) is 2. The molecule has 0 radical (unpaired) electrons. The zero-order valence-corrected chi connectivity index (χ0v) is 25.3. The Morgan fingerprint density at radius 2 is 1.69 bits per heavy atom. The number of hydrogen-bond donors (Lipinski definition) is 3. The van der Waals surface area contributed by atoms with Gasteiger partial charge in [-0.15, -0.1) is 0 Å².